The fraction of sp³-hybridized carbons (Fsp3) is 0.366. The molecule has 0 radical (unpaired) electrons. The molecular formula is C41H47N7O5. The molecule has 12 heteroatoms. The number of morpholine rings is 1. The first-order chi connectivity index (χ1) is 25.5. The Balaban J connectivity index is 1.14. The molecule has 0 atom stereocenters. The molecule has 0 bridgehead atoms. The van der Waals surface area contributed by atoms with Gasteiger partial charge in [0.2, 0.25) is 0 Å². The van der Waals surface area contributed by atoms with Crippen LogP contribution in [0.3, 0.4) is 0 Å². The van der Waals surface area contributed by atoms with E-state index in [0.29, 0.717) is 41.6 Å². The molecule has 5 aromatic rings. The maximum Gasteiger partial charge on any atom is 0.323 e. The van der Waals surface area contributed by atoms with E-state index < -0.39 is 16.9 Å². The van der Waals surface area contributed by atoms with Crippen molar-refractivity contribution in [3.8, 4) is 16.9 Å². The van der Waals surface area contributed by atoms with Gasteiger partial charge in [-0.3, -0.25) is 19.5 Å². The van der Waals surface area contributed by atoms with Crippen molar-refractivity contribution in [3.05, 3.63) is 98.6 Å². The summed E-state index contributed by atoms with van der Waals surface area (Å²) >= 11 is 0. The van der Waals surface area contributed by atoms with E-state index in [9.17, 15) is 14.4 Å². The Morgan fingerprint density at radius 3 is 2.23 bits per heavy atom. The van der Waals surface area contributed by atoms with Gasteiger partial charge in [-0.05, 0) is 53.2 Å². The lowest BCUT2D eigenvalue weighted by Crippen LogP contribution is -2.50. The zero-order chi connectivity index (χ0) is 37.3. The first kappa shape index (κ1) is 36.1. The van der Waals surface area contributed by atoms with Gasteiger partial charge in [-0.2, -0.15) is 0 Å². The number of anilines is 5. The number of carbonyl (C=O) groups excluding carboxylic acids is 1. The maximum absolute atomic E-state index is 13.8. The monoisotopic (exact) mass is 717 g/mol. The number of hydrogen-bond acceptors (Lipinski definition) is 10. The van der Waals surface area contributed by atoms with E-state index in [4.69, 9.17) is 14.5 Å². The number of nitrogens with zero attached hydrogens (tertiary/aromatic N) is 4. The first-order valence-electron chi connectivity index (χ1n) is 18.1. The van der Waals surface area contributed by atoms with Gasteiger partial charge in [0.1, 0.15) is 11.4 Å². The average Bonchev–Trinajstić information content (AvgIpc) is 3.15. The van der Waals surface area contributed by atoms with Crippen LogP contribution in [0.5, 0.6) is 5.75 Å². The van der Waals surface area contributed by atoms with Crippen LogP contribution >= 0.6 is 0 Å². The predicted molar refractivity (Wildman–Crippen MR) is 212 cm³/mol. The molecule has 0 unspecified atom stereocenters. The molecule has 4 aromatic carbocycles. The number of nitrogens with one attached hydrogen (secondary N) is 3. The third-order valence-electron chi connectivity index (χ3n) is 10.2. The Bertz CT molecular complexity index is 2190. The van der Waals surface area contributed by atoms with E-state index in [1.807, 2.05) is 66.7 Å². The highest BCUT2D eigenvalue weighted by Crippen LogP contribution is 2.41. The summed E-state index contributed by atoms with van der Waals surface area (Å²) in [6.45, 7) is 13.2. The zero-order valence-corrected chi connectivity index (χ0v) is 31.0. The molecule has 7 rings (SSSR count). The number of ether oxygens (including phenoxy) is 2. The first-order valence-corrected chi connectivity index (χ1v) is 18.1. The number of hydrogen-bond donors (Lipinski definition) is 3. The van der Waals surface area contributed by atoms with E-state index in [1.165, 1.54) is 7.11 Å². The lowest BCUT2D eigenvalue weighted by molar-refractivity contribution is 0.0336. The number of urea groups is 1. The molecule has 12 nitrogen and oxygen atoms in total. The third-order valence-corrected chi connectivity index (χ3v) is 10.2. The van der Waals surface area contributed by atoms with Crippen LogP contribution in [0.15, 0.2) is 76.4 Å². The highest BCUT2D eigenvalue weighted by Gasteiger charge is 2.30. The van der Waals surface area contributed by atoms with Gasteiger partial charge in [0.05, 0.1) is 43.1 Å². The molecule has 1 aromatic heterocycles. The molecule has 0 spiro atoms. The van der Waals surface area contributed by atoms with Crippen LogP contribution in [0.4, 0.5) is 33.2 Å². The Morgan fingerprint density at radius 2 is 1.55 bits per heavy atom. The van der Waals surface area contributed by atoms with E-state index in [-0.39, 0.29) is 11.1 Å². The third kappa shape index (κ3) is 7.61. The smallest absolute Gasteiger partial charge is 0.323 e. The Morgan fingerprint density at radius 1 is 0.849 bits per heavy atom. The minimum Gasteiger partial charge on any atom is -0.492 e. The normalized spacial score (nSPS) is 15.8. The molecule has 53 heavy (non-hydrogen) atoms. The largest absolute Gasteiger partial charge is 0.492 e. The minimum absolute atomic E-state index is 0.243. The number of rotatable bonds is 9. The van der Waals surface area contributed by atoms with Crippen molar-refractivity contribution in [1.29, 1.82) is 0 Å². The van der Waals surface area contributed by atoms with Gasteiger partial charge in [-0.1, -0.05) is 57.2 Å². The number of aromatic nitrogens is 1. The summed E-state index contributed by atoms with van der Waals surface area (Å²) in [5.74, 6) is 0.343. The molecule has 2 amide bonds. The number of pyridine rings is 1. The summed E-state index contributed by atoms with van der Waals surface area (Å²) < 4.78 is 11.3. The van der Waals surface area contributed by atoms with Crippen LogP contribution in [-0.2, 0) is 16.7 Å². The summed E-state index contributed by atoms with van der Waals surface area (Å²) in [5.41, 5.74) is 4.73. The fourth-order valence-electron chi connectivity index (χ4n) is 7.03. The average molecular weight is 718 g/mol. The van der Waals surface area contributed by atoms with Crippen molar-refractivity contribution in [1.82, 2.24) is 14.8 Å². The van der Waals surface area contributed by atoms with Gasteiger partial charge >= 0.3 is 6.03 Å². The molecule has 2 saturated heterocycles. The molecule has 2 fully saturated rings. The predicted octanol–water partition coefficient (Wildman–Crippen LogP) is 5.78. The lowest BCUT2D eigenvalue weighted by atomic mass is 9.86. The number of benzene rings is 3. The van der Waals surface area contributed by atoms with E-state index in [1.54, 1.807) is 0 Å². The van der Waals surface area contributed by atoms with Crippen LogP contribution < -0.4 is 36.4 Å². The highest BCUT2D eigenvalue weighted by atomic mass is 16.5. The molecule has 0 saturated carbocycles. The number of fused-ring (bicyclic) bond motifs is 1. The van der Waals surface area contributed by atoms with Crippen molar-refractivity contribution in [2.75, 3.05) is 87.5 Å². The summed E-state index contributed by atoms with van der Waals surface area (Å²) in [7, 11) is 3.55. The maximum atomic E-state index is 13.8. The summed E-state index contributed by atoms with van der Waals surface area (Å²) in [5, 5.41) is 11.1. The van der Waals surface area contributed by atoms with Gasteiger partial charge in [0.15, 0.2) is 5.75 Å². The Labute approximate surface area is 309 Å². The summed E-state index contributed by atoms with van der Waals surface area (Å²) in [4.78, 5) is 50.7. The second-order valence-electron chi connectivity index (χ2n) is 14.9. The topological polar surface area (TPSA) is 128 Å². The fourth-order valence-corrected chi connectivity index (χ4v) is 7.03. The molecule has 3 N–H and O–H groups in total. The van der Waals surface area contributed by atoms with Crippen molar-refractivity contribution < 1.29 is 14.3 Å². The van der Waals surface area contributed by atoms with Gasteiger partial charge in [0, 0.05) is 63.0 Å². The van der Waals surface area contributed by atoms with Crippen LogP contribution in [-0.4, -0.2) is 87.5 Å². The van der Waals surface area contributed by atoms with Crippen molar-refractivity contribution >= 4 is 45.2 Å². The SMILES string of the molecule is COc1c(NC(=O)Nc2ccc(-c3ccc(CN4CCOCC4)nc3)c3ccccc23)cc(C(C)(C)C)cc1Nc1c(N2CCN(C)CC2)c(=O)c1=O. The summed E-state index contributed by atoms with van der Waals surface area (Å²) in [6.07, 6.45) is 1.91. The van der Waals surface area contributed by atoms with Crippen molar-refractivity contribution in [2.45, 2.75) is 32.7 Å². The molecule has 2 aliphatic rings. The number of methoxy groups -OCH3 is 1. The van der Waals surface area contributed by atoms with E-state index >= 15 is 0 Å². The number of carbonyl (C=O) groups is 1. The van der Waals surface area contributed by atoms with Crippen LogP contribution in [0, 0.1) is 0 Å². The van der Waals surface area contributed by atoms with Gasteiger partial charge in [0.25, 0.3) is 10.9 Å². The van der Waals surface area contributed by atoms with Gasteiger partial charge in [-0.25, -0.2) is 4.79 Å². The number of amides is 2. The van der Waals surface area contributed by atoms with Crippen LogP contribution in [0.25, 0.3) is 21.9 Å². The van der Waals surface area contributed by atoms with Crippen molar-refractivity contribution in [2.24, 2.45) is 0 Å². The molecule has 0 aliphatic carbocycles. The molecule has 3 heterocycles. The quantitative estimate of drug-likeness (QED) is 0.162. The second kappa shape index (κ2) is 15.0. The standard InChI is InChI=1S/C41H47N7O5/c1-41(2,3)27-22-33(43-35-36(38(50)37(35)49)48-16-14-46(4)15-17-48)39(52-5)34(23-27)45-40(51)44-32-13-12-29(30-8-6-7-9-31(30)32)26-10-11-28(42-24-26)25-47-18-20-53-21-19-47/h6-13,22-24,43H,14-21,25H2,1-5H3,(H2,44,45,51). The van der Waals surface area contributed by atoms with Gasteiger partial charge < -0.3 is 35.2 Å². The molecule has 276 valence electrons. The summed E-state index contributed by atoms with van der Waals surface area (Å²) in [6, 6.07) is 19.4. The lowest BCUT2D eigenvalue weighted by Gasteiger charge is -2.35. The molecular weight excluding hydrogens is 670 g/mol. The number of likely N-dealkylation sites (N-methyl/N-ethyl adjacent to an activating group) is 1. The highest BCUT2D eigenvalue weighted by molar-refractivity contribution is 6.10. The van der Waals surface area contributed by atoms with Crippen LogP contribution in [0.2, 0.25) is 0 Å². The van der Waals surface area contributed by atoms with Crippen LogP contribution in [0.1, 0.15) is 32.0 Å². The number of piperazine rings is 1. The zero-order valence-electron chi connectivity index (χ0n) is 31.0. The van der Waals surface area contributed by atoms with E-state index in [2.05, 4.69) is 58.7 Å². The molecule has 2 aliphatic heterocycles. The minimum atomic E-state index is -0.565. The van der Waals surface area contributed by atoms with Crippen molar-refractivity contribution in [3.63, 3.8) is 0 Å². The Hall–Kier alpha value is -5.30. The second-order valence-corrected chi connectivity index (χ2v) is 14.9. The van der Waals surface area contributed by atoms with Gasteiger partial charge in [-0.15, -0.1) is 0 Å². The van der Waals surface area contributed by atoms with E-state index in [0.717, 1.165) is 79.1 Å². The Kier molecular flexibility index (Phi) is 10.2.